The summed E-state index contributed by atoms with van der Waals surface area (Å²) < 4.78 is 0. The van der Waals surface area contributed by atoms with E-state index in [-0.39, 0.29) is 0 Å². The van der Waals surface area contributed by atoms with Gasteiger partial charge < -0.3 is 5.32 Å². The van der Waals surface area contributed by atoms with Crippen molar-refractivity contribution >= 4 is 17.3 Å². The Morgan fingerprint density at radius 2 is 1.67 bits per heavy atom. The third kappa shape index (κ3) is 3.74. The van der Waals surface area contributed by atoms with Crippen molar-refractivity contribution in [3.05, 3.63) is 28.8 Å². The van der Waals surface area contributed by atoms with Gasteiger partial charge in [-0.25, -0.2) is 0 Å². The van der Waals surface area contributed by atoms with Crippen molar-refractivity contribution in [3.8, 4) is 0 Å². The molecule has 116 valence electrons. The molecule has 0 spiro atoms. The molecule has 1 aromatic carbocycles. The predicted molar refractivity (Wildman–Crippen MR) is 92.1 cm³/mol. The molecule has 0 heterocycles. The average Bonchev–Trinajstić information content (AvgIpc) is 2.52. The monoisotopic (exact) mass is 305 g/mol. The molecule has 2 fully saturated rings. The van der Waals surface area contributed by atoms with Gasteiger partial charge in [0.05, 0.1) is 0 Å². The summed E-state index contributed by atoms with van der Waals surface area (Å²) in [5.74, 6) is 1.83. The molecule has 2 aliphatic rings. The summed E-state index contributed by atoms with van der Waals surface area (Å²) in [5.41, 5.74) is 2.37. The van der Waals surface area contributed by atoms with E-state index in [1.54, 1.807) is 0 Å². The molecule has 1 N–H and O–H groups in total. The Kier molecular flexibility index (Phi) is 5.11. The molecule has 2 saturated carbocycles. The van der Waals surface area contributed by atoms with Crippen LogP contribution in [0.25, 0.3) is 0 Å². The number of nitrogens with one attached hydrogen (secondary N) is 1. The summed E-state index contributed by atoms with van der Waals surface area (Å²) in [6, 6.07) is 7.07. The Bertz CT molecular complexity index is 465. The van der Waals surface area contributed by atoms with Crippen LogP contribution in [-0.4, -0.2) is 6.04 Å². The summed E-state index contributed by atoms with van der Waals surface area (Å²) in [5, 5.41) is 4.69. The first-order valence-electron chi connectivity index (χ1n) is 8.77. The van der Waals surface area contributed by atoms with E-state index in [4.69, 9.17) is 11.6 Å². The van der Waals surface area contributed by atoms with Crippen LogP contribution in [-0.2, 0) is 0 Å². The second-order valence-corrected chi connectivity index (χ2v) is 7.47. The number of hydrogen-bond donors (Lipinski definition) is 1. The van der Waals surface area contributed by atoms with E-state index in [1.807, 2.05) is 0 Å². The van der Waals surface area contributed by atoms with Gasteiger partial charge in [0.1, 0.15) is 0 Å². The third-order valence-corrected chi connectivity index (χ3v) is 6.01. The first kappa shape index (κ1) is 15.2. The highest BCUT2D eigenvalue weighted by molar-refractivity contribution is 6.31. The van der Waals surface area contributed by atoms with Crippen molar-refractivity contribution < 1.29 is 0 Å². The van der Waals surface area contributed by atoms with Gasteiger partial charge in [0.15, 0.2) is 0 Å². The van der Waals surface area contributed by atoms with Gasteiger partial charge >= 0.3 is 0 Å². The predicted octanol–water partition coefficient (Wildman–Crippen LogP) is 6.20. The van der Waals surface area contributed by atoms with E-state index in [9.17, 15) is 0 Å². The Balaban J connectivity index is 1.69. The quantitative estimate of drug-likeness (QED) is 0.701. The number of aryl methyl sites for hydroxylation is 1. The molecule has 2 heteroatoms. The fourth-order valence-corrected chi connectivity index (χ4v) is 4.54. The minimum Gasteiger partial charge on any atom is -0.382 e. The highest BCUT2D eigenvalue weighted by atomic mass is 35.5. The maximum Gasteiger partial charge on any atom is 0.0455 e. The lowest BCUT2D eigenvalue weighted by molar-refractivity contribution is 0.180. The van der Waals surface area contributed by atoms with Crippen molar-refractivity contribution in [2.75, 3.05) is 5.32 Å². The summed E-state index contributed by atoms with van der Waals surface area (Å²) in [6.45, 7) is 2.07. The molecule has 0 aromatic heterocycles. The van der Waals surface area contributed by atoms with Crippen molar-refractivity contribution in [3.63, 3.8) is 0 Å². The number of rotatable bonds is 3. The molecule has 2 atom stereocenters. The Hall–Kier alpha value is -0.690. The number of halogens is 1. The van der Waals surface area contributed by atoms with Gasteiger partial charge in [-0.2, -0.15) is 0 Å². The van der Waals surface area contributed by atoms with Crippen LogP contribution >= 0.6 is 11.6 Å². The maximum absolute atomic E-state index is 6.28. The molecule has 0 radical (unpaired) electrons. The standard InChI is InChI=1S/C19H28ClN/c1-14-11-12-16(13-18(14)20)21-19-10-6-5-9-17(19)15-7-3-2-4-8-15/h11-13,15,17,19,21H,2-10H2,1H3. The summed E-state index contributed by atoms with van der Waals surface area (Å²) in [6.07, 6.45) is 12.8. The zero-order chi connectivity index (χ0) is 14.7. The zero-order valence-electron chi connectivity index (χ0n) is 13.2. The van der Waals surface area contributed by atoms with E-state index in [1.165, 1.54) is 63.5 Å². The Morgan fingerprint density at radius 3 is 2.43 bits per heavy atom. The van der Waals surface area contributed by atoms with Gasteiger partial charge in [0.25, 0.3) is 0 Å². The van der Waals surface area contributed by atoms with Crippen molar-refractivity contribution in [1.29, 1.82) is 0 Å². The molecular weight excluding hydrogens is 278 g/mol. The lowest BCUT2D eigenvalue weighted by atomic mass is 9.71. The van der Waals surface area contributed by atoms with Crippen LogP contribution in [0.15, 0.2) is 18.2 Å². The second-order valence-electron chi connectivity index (χ2n) is 7.06. The molecule has 3 rings (SSSR count). The summed E-state index contributed by atoms with van der Waals surface area (Å²) >= 11 is 6.28. The maximum atomic E-state index is 6.28. The van der Waals surface area contributed by atoms with Crippen LogP contribution in [0.3, 0.4) is 0 Å². The number of hydrogen-bond acceptors (Lipinski definition) is 1. The smallest absolute Gasteiger partial charge is 0.0455 e. The Labute approximate surface area is 134 Å². The fraction of sp³-hybridized carbons (Fsp3) is 0.684. The highest BCUT2D eigenvalue weighted by Gasteiger charge is 2.32. The molecule has 0 aliphatic heterocycles. The van der Waals surface area contributed by atoms with Crippen molar-refractivity contribution in [1.82, 2.24) is 0 Å². The lowest BCUT2D eigenvalue weighted by Gasteiger charge is -2.40. The molecule has 0 amide bonds. The molecule has 2 aliphatic carbocycles. The summed E-state index contributed by atoms with van der Waals surface area (Å²) in [4.78, 5) is 0. The van der Waals surface area contributed by atoms with Gasteiger partial charge in [-0.1, -0.05) is 62.6 Å². The minimum atomic E-state index is 0.653. The van der Waals surface area contributed by atoms with Gasteiger partial charge in [-0.3, -0.25) is 0 Å². The van der Waals surface area contributed by atoms with Gasteiger partial charge in [-0.05, 0) is 49.3 Å². The minimum absolute atomic E-state index is 0.653. The van der Waals surface area contributed by atoms with Crippen LogP contribution < -0.4 is 5.32 Å². The molecule has 0 saturated heterocycles. The number of benzene rings is 1. The van der Waals surface area contributed by atoms with E-state index in [0.717, 1.165) is 22.4 Å². The zero-order valence-corrected chi connectivity index (χ0v) is 14.0. The average molecular weight is 306 g/mol. The summed E-state index contributed by atoms with van der Waals surface area (Å²) in [7, 11) is 0. The SMILES string of the molecule is Cc1ccc(NC2CCCCC2C2CCCCC2)cc1Cl. The lowest BCUT2D eigenvalue weighted by Crippen LogP contribution is -2.37. The van der Waals surface area contributed by atoms with Crippen molar-refractivity contribution in [2.45, 2.75) is 70.8 Å². The van der Waals surface area contributed by atoms with Crippen LogP contribution in [0.2, 0.25) is 5.02 Å². The van der Waals surface area contributed by atoms with Gasteiger partial charge in [0.2, 0.25) is 0 Å². The van der Waals surface area contributed by atoms with E-state index in [2.05, 4.69) is 30.4 Å². The molecule has 0 bridgehead atoms. The first-order chi connectivity index (χ1) is 10.2. The molecule has 21 heavy (non-hydrogen) atoms. The first-order valence-corrected chi connectivity index (χ1v) is 9.14. The van der Waals surface area contributed by atoms with Gasteiger partial charge in [-0.15, -0.1) is 0 Å². The third-order valence-electron chi connectivity index (χ3n) is 5.60. The fourth-order valence-electron chi connectivity index (χ4n) is 4.36. The van der Waals surface area contributed by atoms with Crippen LogP contribution in [0.4, 0.5) is 5.69 Å². The van der Waals surface area contributed by atoms with E-state index < -0.39 is 0 Å². The van der Waals surface area contributed by atoms with E-state index >= 15 is 0 Å². The van der Waals surface area contributed by atoms with Crippen LogP contribution in [0, 0.1) is 18.8 Å². The Morgan fingerprint density at radius 1 is 0.952 bits per heavy atom. The molecule has 2 unspecified atom stereocenters. The van der Waals surface area contributed by atoms with Crippen molar-refractivity contribution in [2.24, 2.45) is 11.8 Å². The van der Waals surface area contributed by atoms with Crippen LogP contribution in [0.1, 0.15) is 63.4 Å². The van der Waals surface area contributed by atoms with E-state index in [0.29, 0.717) is 6.04 Å². The normalized spacial score (nSPS) is 27.5. The van der Waals surface area contributed by atoms with Crippen LogP contribution in [0.5, 0.6) is 0 Å². The molecule has 1 aromatic rings. The number of anilines is 1. The molecular formula is C19H28ClN. The topological polar surface area (TPSA) is 12.0 Å². The largest absolute Gasteiger partial charge is 0.382 e. The molecule has 1 nitrogen and oxygen atoms in total. The van der Waals surface area contributed by atoms with Gasteiger partial charge in [0, 0.05) is 16.8 Å². The highest BCUT2D eigenvalue weighted by Crippen LogP contribution is 2.39. The second kappa shape index (κ2) is 7.05.